The number of nitrogens with zero attached hydrogens (tertiary/aromatic N) is 3. The number of fused-ring (bicyclic) bond motifs is 1. The number of amides is 1. The largest absolute Gasteiger partial charge is 0.348 e. The van der Waals surface area contributed by atoms with Crippen LogP contribution < -0.4 is 5.32 Å². The Morgan fingerprint density at radius 3 is 2.60 bits per heavy atom. The second kappa shape index (κ2) is 8.68. The van der Waals surface area contributed by atoms with Crippen molar-refractivity contribution in [3.63, 3.8) is 0 Å². The Morgan fingerprint density at radius 2 is 2.00 bits per heavy atom. The molecule has 0 aliphatic carbocycles. The van der Waals surface area contributed by atoms with Gasteiger partial charge in [-0.05, 0) is 14.0 Å². The Bertz CT molecular complexity index is 696. The van der Waals surface area contributed by atoms with E-state index in [0.29, 0.717) is 19.6 Å². The highest BCUT2D eigenvalue weighted by molar-refractivity contribution is 7.91. The van der Waals surface area contributed by atoms with Crippen LogP contribution >= 0.6 is 24.8 Å². The van der Waals surface area contributed by atoms with Gasteiger partial charge in [0.05, 0.1) is 36.1 Å². The number of aromatic amines is 1. The summed E-state index contributed by atoms with van der Waals surface area (Å²) in [5, 5.41) is 2.85. The van der Waals surface area contributed by atoms with Gasteiger partial charge in [0.2, 0.25) is 5.91 Å². The molecule has 2 atom stereocenters. The fourth-order valence-electron chi connectivity index (χ4n) is 3.52. The summed E-state index contributed by atoms with van der Waals surface area (Å²) in [7, 11) is -1.40. The molecule has 1 amide bonds. The van der Waals surface area contributed by atoms with Crippen molar-refractivity contribution in [2.24, 2.45) is 0 Å². The van der Waals surface area contributed by atoms with E-state index < -0.39 is 9.84 Å². The summed E-state index contributed by atoms with van der Waals surface area (Å²) < 4.78 is 24.3. The molecule has 2 saturated heterocycles. The number of carbonyl (C=O) groups is 1. The summed E-state index contributed by atoms with van der Waals surface area (Å²) >= 11 is 0. The van der Waals surface area contributed by atoms with Gasteiger partial charge in [-0.1, -0.05) is 0 Å². The number of hydrogen-bond acceptors (Lipinski definition) is 6. The van der Waals surface area contributed by atoms with Crippen molar-refractivity contribution >= 4 is 40.6 Å². The van der Waals surface area contributed by atoms with Crippen molar-refractivity contribution in [1.82, 2.24) is 25.1 Å². The van der Waals surface area contributed by atoms with E-state index in [2.05, 4.69) is 20.2 Å². The van der Waals surface area contributed by atoms with Crippen molar-refractivity contribution in [3.05, 3.63) is 17.7 Å². The van der Waals surface area contributed by atoms with Gasteiger partial charge in [-0.25, -0.2) is 13.4 Å². The predicted octanol–water partition coefficient (Wildman–Crippen LogP) is -0.409. The lowest BCUT2D eigenvalue weighted by Gasteiger charge is -2.43. The Labute approximate surface area is 160 Å². The van der Waals surface area contributed by atoms with Gasteiger partial charge in [0.25, 0.3) is 0 Å². The van der Waals surface area contributed by atoms with Crippen molar-refractivity contribution in [1.29, 1.82) is 0 Å². The van der Waals surface area contributed by atoms with Crippen LogP contribution in [0.5, 0.6) is 0 Å². The van der Waals surface area contributed by atoms with Crippen LogP contribution in [0.15, 0.2) is 6.33 Å². The van der Waals surface area contributed by atoms with Crippen LogP contribution in [0, 0.1) is 6.92 Å². The maximum absolute atomic E-state index is 12.3. The molecular formula is C14H25Cl2N5O3S. The van der Waals surface area contributed by atoms with Gasteiger partial charge in [0.15, 0.2) is 9.84 Å². The number of aryl methyl sites for hydroxylation is 1. The van der Waals surface area contributed by atoms with Crippen LogP contribution in [0.3, 0.4) is 0 Å². The molecule has 8 nitrogen and oxygen atoms in total. The third-order valence-electron chi connectivity index (χ3n) is 4.73. The number of halogens is 2. The number of imidazole rings is 1. The fourth-order valence-corrected chi connectivity index (χ4v) is 5.53. The Kier molecular flexibility index (Phi) is 7.70. The second-order valence-corrected chi connectivity index (χ2v) is 8.43. The van der Waals surface area contributed by atoms with E-state index in [9.17, 15) is 13.2 Å². The van der Waals surface area contributed by atoms with Crippen LogP contribution in [-0.4, -0.2) is 84.4 Å². The summed E-state index contributed by atoms with van der Waals surface area (Å²) in [6.45, 7) is 4.03. The molecule has 1 aromatic rings. The van der Waals surface area contributed by atoms with Gasteiger partial charge in [-0.2, -0.15) is 0 Å². The molecule has 2 aliphatic heterocycles. The number of sulfone groups is 1. The average Bonchev–Trinajstić information content (AvgIpc) is 3.02. The maximum atomic E-state index is 12.3. The predicted molar refractivity (Wildman–Crippen MR) is 100 cm³/mol. The summed E-state index contributed by atoms with van der Waals surface area (Å²) in [6, 6.07) is -0.403. The molecular weight excluding hydrogens is 389 g/mol. The standard InChI is InChI=1S/C14H23N5O3S.2ClH/c1-10-11(17-9-16-10)6-18-3-4-19(14(20)5-15-2)13-8-23(21,22)7-12(13)18;;/h9,12-13,15H,3-8H2,1-2H3,(H,16,17);2*1H/t12-,13+;;/m1../s1. The molecule has 144 valence electrons. The van der Waals surface area contributed by atoms with Crippen LogP contribution in [0.2, 0.25) is 0 Å². The Balaban J connectivity index is 0.00000156. The third-order valence-corrected chi connectivity index (χ3v) is 6.43. The summed E-state index contributed by atoms with van der Waals surface area (Å²) in [6.07, 6.45) is 1.65. The van der Waals surface area contributed by atoms with E-state index in [-0.39, 0.29) is 60.9 Å². The van der Waals surface area contributed by atoms with Crippen LogP contribution in [0.4, 0.5) is 0 Å². The highest BCUT2D eigenvalue weighted by Gasteiger charge is 2.47. The van der Waals surface area contributed by atoms with E-state index in [1.807, 2.05) is 6.92 Å². The highest BCUT2D eigenvalue weighted by atomic mass is 35.5. The maximum Gasteiger partial charge on any atom is 0.236 e. The molecule has 0 aromatic carbocycles. The van der Waals surface area contributed by atoms with Gasteiger partial charge >= 0.3 is 0 Å². The molecule has 0 saturated carbocycles. The minimum absolute atomic E-state index is 0. The van der Waals surface area contributed by atoms with Crippen molar-refractivity contribution in [3.8, 4) is 0 Å². The molecule has 0 radical (unpaired) electrons. The molecule has 2 fully saturated rings. The first-order chi connectivity index (χ1) is 10.9. The zero-order valence-electron chi connectivity index (χ0n) is 14.3. The van der Waals surface area contributed by atoms with Gasteiger partial charge in [0.1, 0.15) is 0 Å². The molecule has 1 aromatic heterocycles. The number of rotatable bonds is 4. The van der Waals surface area contributed by atoms with Crippen molar-refractivity contribution < 1.29 is 13.2 Å². The molecule has 0 bridgehead atoms. The average molecular weight is 414 g/mol. The SMILES string of the molecule is CNCC(=O)N1CCN(Cc2nc[nH]c2C)[C@@H]2CS(=O)(=O)C[C@@H]21.Cl.Cl. The quantitative estimate of drug-likeness (QED) is 0.695. The number of piperazine rings is 1. The first-order valence-corrected chi connectivity index (χ1v) is 9.61. The number of likely N-dealkylation sites (N-methyl/N-ethyl adjacent to an activating group) is 1. The van der Waals surface area contributed by atoms with E-state index >= 15 is 0 Å². The monoisotopic (exact) mass is 413 g/mol. The first kappa shape index (κ1) is 22.2. The summed E-state index contributed by atoms with van der Waals surface area (Å²) in [4.78, 5) is 23.5. The zero-order chi connectivity index (χ0) is 16.6. The lowest BCUT2D eigenvalue weighted by Crippen LogP contribution is -2.61. The van der Waals surface area contributed by atoms with Crippen LogP contribution in [0.1, 0.15) is 11.4 Å². The highest BCUT2D eigenvalue weighted by Crippen LogP contribution is 2.28. The van der Waals surface area contributed by atoms with Crippen LogP contribution in [-0.2, 0) is 21.2 Å². The van der Waals surface area contributed by atoms with Gasteiger partial charge in [-0.15, -0.1) is 24.8 Å². The minimum atomic E-state index is -3.12. The second-order valence-electron chi connectivity index (χ2n) is 6.27. The summed E-state index contributed by atoms with van der Waals surface area (Å²) in [5.41, 5.74) is 1.93. The molecule has 25 heavy (non-hydrogen) atoms. The number of nitrogens with one attached hydrogen (secondary N) is 2. The van der Waals surface area contributed by atoms with Gasteiger partial charge < -0.3 is 15.2 Å². The molecule has 11 heteroatoms. The zero-order valence-corrected chi connectivity index (χ0v) is 16.7. The third kappa shape index (κ3) is 4.65. The van der Waals surface area contributed by atoms with Crippen molar-refractivity contribution in [2.45, 2.75) is 25.6 Å². The molecule has 2 aliphatic rings. The Morgan fingerprint density at radius 1 is 1.32 bits per heavy atom. The van der Waals surface area contributed by atoms with Gasteiger partial charge in [-0.3, -0.25) is 9.69 Å². The normalized spacial score (nSPS) is 25.0. The van der Waals surface area contributed by atoms with E-state index in [4.69, 9.17) is 0 Å². The van der Waals surface area contributed by atoms with E-state index in [1.54, 1.807) is 18.3 Å². The number of carbonyl (C=O) groups excluding carboxylic acids is 1. The first-order valence-electron chi connectivity index (χ1n) is 7.78. The molecule has 2 N–H and O–H groups in total. The topological polar surface area (TPSA) is 98.4 Å². The molecule has 0 spiro atoms. The lowest BCUT2D eigenvalue weighted by atomic mass is 10.0. The lowest BCUT2D eigenvalue weighted by molar-refractivity contribution is -0.136. The molecule has 3 rings (SSSR count). The number of H-pyrrole nitrogens is 1. The number of hydrogen-bond donors (Lipinski definition) is 2. The van der Waals surface area contributed by atoms with E-state index in [0.717, 1.165) is 11.4 Å². The number of aromatic nitrogens is 2. The molecule has 3 heterocycles. The fraction of sp³-hybridized carbons (Fsp3) is 0.714. The van der Waals surface area contributed by atoms with Crippen LogP contribution in [0.25, 0.3) is 0 Å². The Hall–Kier alpha value is -0.870. The van der Waals surface area contributed by atoms with Gasteiger partial charge in [0, 0.05) is 31.4 Å². The minimum Gasteiger partial charge on any atom is -0.348 e. The molecule has 0 unspecified atom stereocenters. The summed E-state index contributed by atoms with van der Waals surface area (Å²) in [5.74, 6) is 0.142. The smallest absolute Gasteiger partial charge is 0.236 e. The van der Waals surface area contributed by atoms with Crippen molar-refractivity contribution in [2.75, 3.05) is 38.2 Å². The van der Waals surface area contributed by atoms with E-state index in [1.165, 1.54) is 0 Å².